The summed E-state index contributed by atoms with van der Waals surface area (Å²) in [7, 11) is 0. The van der Waals surface area contributed by atoms with Crippen LogP contribution in [0.3, 0.4) is 0 Å². The Kier molecular flexibility index (Phi) is 8.06. The molecule has 204 valence electrons. The van der Waals surface area contributed by atoms with Crippen LogP contribution in [0.15, 0.2) is 45.4 Å². The van der Waals surface area contributed by atoms with E-state index in [1.165, 1.54) is 28.7 Å². The number of hydrogen-bond acceptors (Lipinski definition) is 9. The first-order valence-corrected chi connectivity index (χ1v) is 14.4. The Morgan fingerprint density at radius 3 is 2.56 bits per heavy atom. The van der Waals surface area contributed by atoms with E-state index in [0.29, 0.717) is 29.4 Å². The molecule has 0 saturated heterocycles. The maximum Gasteiger partial charge on any atom is 0.355 e. The highest BCUT2D eigenvalue weighted by molar-refractivity contribution is 7.11. The van der Waals surface area contributed by atoms with Crippen LogP contribution in [-0.4, -0.2) is 39.5 Å². The van der Waals surface area contributed by atoms with E-state index >= 15 is 0 Å². The summed E-state index contributed by atoms with van der Waals surface area (Å²) < 4.78 is 33.9. The van der Waals surface area contributed by atoms with Crippen molar-refractivity contribution in [1.82, 2.24) is 15.3 Å². The monoisotopic (exact) mass is 592 g/mol. The second-order valence-corrected chi connectivity index (χ2v) is 11.2. The van der Waals surface area contributed by atoms with Gasteiger partial charge in [-0.25, -0.2) is 28.3 Å². The highest BCUT2D eigenvalue weighted by atomic mass is 35.5. The third kappa shape index (κ3) is 5.45. The topological polar surface area (TPSA) is 114 Å². The first kappa shape index (κ1) is 27.4. The standard InChI is InChI=1S/C26H23ClF2N4O4S2/c1-2-37-26(36)17-20(12-3-5-13(6-4-12)23-31-16(11-39-23)25(34)35)32-22(24-30-9-10-38-24)33-21(17)14-7-8-15(28)19(29)18(14)27/h7-13,21H,2-6H2,1H3,(H,32,33)(H,34,35). The third-order valence-corrected chi connectivity index (χ3v) is 8.96. The molecule has 39 heavy (non-hydrogen) atoms. The van der Waals surface area contributed by atoms with Crippen LogP contribution in [0.25, 0.3) is 0 Å². The molecule has 8 nitrogen and oxygen atoms in total. The number of benzene rings is 1. The van der Waals surface area contributed by atoms with Crippen molar-refractivity contribution in [3.8, 4) is 0 Å². The fourth-order valence-corrected chi connectivity index (χ4v) is 6.76. The van der Waals surface area contributed by atoms with Crippen LogP contribution < -0.4 is 5.32 Å². The number of aliphatic imine (C=N–C) groups is 1. The Morgan fingerprint density at radius 1 is 1.18 bits per heavy atom. The molecule has 1 unspecified atom stereocenters. The number of carboxylic acid groups (broad SMARTS) is 1. The van der Waals surface area contributed by atoms with Crippen LogP contribution in [0.4, 0.5) is 8.78 Å². The van der Waals surface area contributed by atoms with Gasteiger partial charge in [-0.05, 0) is 44.6 Å². The lowest BCUT2D eigenvalue weighted by Gasteiger charge is -2.35. The third-order valence-electron chi connectivity index (χ3n) is 6.79. The predicted octanol–water partition coefficient (Wildman–Crippen LogP) is 6.11. The summed E-state index contributed by atoms with van der Waals surface area (Å²) in [4.78, 5) is 37.9. The Morgan fingerprint density at radius 2 is 1.92 bits per heavy atom. The maximum atomic E-state index is 14.5. The van der Waals surface area contributed by atoms with E-state index in [2.05, 4.69) is 15.3 Å². The second-order valence-electron chi connectivity index (χ2n) is 9.08. The van der Waals surface area contributed by atoms with Gasteiger partial charge in [-0.2, -0.15) is 0 Å². The van der Waals surface area contributed by atoms with E-state index in [9.17, 15) is 23.5 Å². The van der Waals surface area contributed by atoms with Crippen molar-refractivity contribution >= 4 is 52.0 Å². The van der Waals surface area contributed by atoms with Crippen LogP contribution >= 0.6 is 34.3 Å². The molecule has 3 heterocycles. The summed E-state index contributed by atoms with van der Waals surface area (Å²) in [6.45, 7) is 1.79. The van der Waals surface area contributed by atoms with E-state index in [1.54, 1.807) is 23.9 Å². The Hall–Kier alpha value is -3.22. The molecule has 5 rings (SSSR count). The zero-order chi connectivity index (χ0) is 27.7. The molecule has 13 heteroatoms. The summed E-state index contributed by atoms with van der Waals surface area (Å²) in [5.74, 6) is -3.62. The van der Waals surface area contributed by atoms with E-state index in [0.717, 1.165) is 23.9 Å². The minimum absolute atomic E-state index is 0.0360. The Balaban J connectivity index is 1.54. The average Bonchev–Trinajstić information content (AvgIpc) is 3.65. The van der Waals surface area contributed by atoms with Crippen LogP contribution in [0.1, 0.15) is 70.6 Å². The molecule has 0 radical (unpaired) electrons. The number of thiazole rings is 2. The van der Waals surface area contributed by atoms with Gasteiger partial charge in [0, 0.05) is 34.1 Å². The number of rotatable bonds is 7. The van der Waals surface area contributed by atoms with E-state index in [-0.39, 0.29) is 35.3 Å². The SMILES string of the molecule is CCOC(=O)C1=C(C2CCC(c3nc(C(=O)O)cs3)CC2)NC(c2nccs2)=NC1c1ccc(F)c(F)c1Cl. The number of esters is 1. The first-order valence-electron chi connectivity index (χ1n) is 12.3. The molecule has 0 amide bonds. The molecular formula is C26H23ClF2N4O4S2. The van der Waals surface area contributed by atoms with E-state index in [1.807, 2.05) is 0 Å². The van der Waals surface area contributed by atoms with Crippen molar-refractivity contribution < 1.29 is 28.2 Å². The number of amidine groups is 1. The number of carbonyl (C=O) groups is 2. The van der Waals surface area contributed by atoms with Gasteiger partial charge in [0.15, 0.2) is 28.2 Å². The summed E-state index contributed by atoms with van der Waals surface area (Å²) >= 11 is 8.93. The number of carboxylic acids is 1. The largest absolute Gasteiger partial charge is 0.476 e. The second kappa shape index (κ2) is 11.5. The van der Waals surface area contributed by atoms with E-state index < -0.39 is 34.6 Å². The van der Waals surface area contributed by atoms with Crippen molar-refractivity contribution in [3.63, 3.8) is 0 Å². The van der Waals surface area contributed by atoms with Gasteiger partial charge in [-0.15, -0.1) is 22.7 Å². The lowest BCUT2D eigenvalue weighted by molar-refractivity contribution is -0.139. The molecule has 0 bridgehead atoms. The molecule has 2 N–H and O–H groups in total. The molecule has 2 aliphatic rings. The number of hydrogen-bond donors (Lipinski definition) is 2. The lowest BCUT2D eigenvalue weighted by Crippen LogP contribution is -2.38. The zero-order valence-corrected chi connectivity index (χ0v) is 23.0. The summed E-state index contributed by atoms with van der Waals surface area (Å²) in [5, 5.41) is 16.8. The normalized spacial score (nSPS) is 21.3. The minimum atomic E-state index is -1.21. The zero-order valence-electron chi connectivity index (χ0n) is 20.6. The molecule has 1 aromatic carbocycles. The summed E-state index contributed by atoms with van der Waals surface area (Å²) in [6, 6.07) is 1.25. The van der Waals surface area contributed by atoms with Gasteiger partial charge >= 0.3 is 11.9 Å². The van der Waals surface area contributed by atoms with E-state index in [4.69, 9.17) is 21.3 Å². The van der Waals surface area contributed by atoms with Crippen molar-refractivity contribution in [2.24, 2.45) is 10.9 Å². The number of nitrogens with one attached hydrogen (secondary N) is 1. The number of ether oxygens (including phenoxy) is 1. The highest BCUT2D eigenvalue weighted by Crippen LogP contribution is 2.44. The molecule has 1 atom stereocenters. The van der Waals surface area contributed by atoms with Gasteiger partial charge in [0.2, 0.25) is 0 Å². The van der Waals surface area contributed by atoms with Gasteiger partial charge in [0.05, 0.1) is 22.2 Å². The number of nitrogens with zero attached hydrogens (tertiary/aromatic N) is 3. The highest BCUT2D eigenvalue weighted by Gasteiger charge is 2.39. The Labute approximate surface area is 235 Å². The number of aromatic carboxylic acids is 1. The molecule has 0 spiro atoms. The van der Waals surface area contributed by atoms with Crippen molar-refractivity contribution in [3.05, 3.63) is 78.3 Å². The minimum Gasteiger partial charge on any atom is -0.476 e. The maximum absolute atomic E-state index is 14.5. The number of allylic oxidation sites excluding steroid dienone is 1. The van der Waals surface area contributed by atoms with Gasteiger partial charge in [0.1, 0.15) is 6.04 Å². The van der Waals surface area contributed by atoms with Gasteiger partial charge in [-0.3, -0.25) is 4.99 Å². The molecule has 1 fully saturated rings. The van der Waals surface area contributed by atoms with Crippen molar-refractivity contribution in [2.45, 2.75) is 44.6 Å². The predicted molar refractivity (Wildman–Crippen MR) is 143 cm³/mol. The lowest BCUT2D eigenvalue weighted by atomic mass is 9.78. The number of halogens is 3. The van der Waals surface area contributed by atoms with Crippen LogP contribution in [-0.2, 0) is 9.53 Å². The van der Waals surface area contributed by atoms with Crippen LogP contribution in [0, 0.1) is 17.6 Å². The van der Waals surface area contributed by atoms with Crippen molar-refractivity contribution in [1.29, 1.82) is 0 Å². The van der Waals surface area contributed by atoms with Crippen LogP contribution in [0.2, 0.25) is 5.02 Å². The quantitative estimate of drug-likeness (QED) is 0.251. The fourth-order valence-electron chi connectivity index (χ4n) is 4.95. The number of carbonyl (C=O) groups excluding carboxylic acids is 1. The summed E-state index contributed by atoms with van der Waals surface area (Å²) in [5.41, 5.74) is 0.956. The molecule has 3 aromatic rings. The van der Waals surface area contributed by atoms with Gasteiger partial charge in [-0.1, -0.05) is 17.7 Å². The molecular weight excluding hydrogens is 570 g/mol. The average molecular weight is 593 g/mol. The fraction of sp³-hybridized carbons (Fsp3) is 0.346. The molecule has 2 aromatic heterocycles. The van der Waals surface area contributed by atoms with Gasteiger partial charge < -0.3 is 15.2 Å². The molecule has 1 aliphatic heterocycles. The Bertz CT molecular complexity index is 1470. The summed E-state index contributed by atoms with van der Waals surface area (Å²) in [6.07, 6.45) is 4.40. The number of aromatic nitrogens is 2. The molecule has 1 aliphatic carbocycles. The smallest absolute Gasteiger partial charge is 0.355 e. The molecule has 1 saturated carbocycles. The van der Waals surface area contributed by atoms with Crippen molar-refractivity contribution in [2.75, 3.05) is 6.61 Å². The first-order chi connectivity index (χ1) is 18.8. The van der Waals surface area contributed by atoms with Gasteiger partial charge in [0.25, 0.3) is 0 Å². The van der Waals surface area contributed by atoms with Crippen LogP contribution in [0.5, 0.6) is 0 Å².